The Morgan fingerprint density at radius 1 is 1.40 bits per heavy atom. The molecule has 2 rings (SSSR count). The Bertz CT molecular complexity index is 329. The molecule has 1 aliphatic rings. The molecule has 0 atom stereocenters. The minimum Gasteiger partial charge on any atom is -0.365 e. The van der Waals surface area contributed by atoms with E-state index < -0.39 is 0 Å². The van der Waals surface area contributed by atoms with Crippen LogP contribution < -0.4 is 10.6 Å². The maximum absolute atomic E-state index is 4.39. The SMILES string of the molecule is Cc1cccnc1NC1(C)CCNCC1. The maximum atomic E-state index is 4.39. The lowest BCUT2D eigenvalue weighted by Crippen LogP contribution is -2.45. The fourth-order valence-corrected chi connectivity index (χ4v) is 2.01. The number of hydrogen-bond donors (Lipinski definition) is 2. The Morgan fingerprint density at radius 2 is 2.13 bits per heavy atom. The van der Waals surface area contributed by atoms with Crippen LogP contribution in [0.1, 0.15) is 25.3 Å². The molecule has 2 N–H and O–H groups in total. The van der Waals surface area contributed by atoms with Crippen molar-refractivity contribution in [2.24, 2.45) is 0 Å². The monoisotopic (exact) mass is 205 g/mol. The van der Waals surface area contributed by atoms with Crippen LogP contribution in [0.4, 0.5) is 5.82 Å². The molecule has 3 nitrogen and oxygen atoms in total. The fourth-order valence-electron chi connectivity index (χ4n) is 2.01. The van der Waals surface area contributed by atoms with Crippen LogP contribution in [0, 0.1) is 6.92 Å². The molecule has 1 aliphatic heterocycles. The Balaban J connectivity index is 2.10. The Hall–Kier alpha value is -1.09. The number of anilines is 1. The highest BCUT2D eigenvalue weighted by Gasteiger charge is 2.26. The van der Waals surface area contributed by atoms with Crippen LogP contribution in [0.5, 0.6) is 0 Å². The summed E-state index contributed by atoms with van der Waals surface area (Å²) in [6.07, 6.45) is 4.16. The third-order valence-electron chi connectivity index (χ3n) is 3.14. The van der Waals surface area contributed by atoms with Gasteiger partial charge in [-0.15, -0.1) is 0 Å². The van der Waals surface area contributed by atoms with Gasteiger partial charge in [0.15, 0.2) is 0 Å². The van der Waals surface area contributed by atoms with Crippen LogP contribution in [0.25, 0.3) is 0 Å². The molecule has 0 spiro atoms. The third kappa shape index (κ3) is 2.48. The molecule has 3 heteroatoms. The summed E-state index contributed by atoms with van der Waals surface area (Å²) in [5.74, 6) is 1.03. The van der Waals surface area contributed by atoms with Gasteiger partial charge in [-0.25, -0.2) is 4.98 Å². The van der Waals surface area contributed by atoms with Gasteiger partial charge in [-0.05, 0) is 51.4 Å². The number of pyridine rings is 1. The van der Waals surface area contributed by atoms with Gasteiger partial charge in [0.05, 0.1) is 0 Å². The van der Waals surface area contributed by atoms with Crippen LogP contribution in [0.3, 0.4) is 0 Å². The van der Waals surface area contributed by atoms with Crippen molar-refractivity contribution in [2.45, 2.75) is 32.2 Å². The zero-order chi connectivity index (χ0) is 10.7. The lowest BCUT2D eigenvalue weighted by molar-refractivity contribution is 0.364. The number of rotatable bonds is 2. The van der Waals surface area contributed by atoms with Crippen molar-refractivity contribution in [3.63, 3.8) is 0 Å². The first-order chi connectivity index (χ1) is 7.20. The van der Waals surface area contributed by atoms with Gasteiger partial charge in [-0.3, -0.25) is 0 Å². The number of aryl methyl sites for hydroxylation is 1. The van der Waals surface area contributed by atoms with Crippen molar-refractivity contribution in [1.29, 1.82) is 0 Å². The molecule has 0 aromatic carbocycles. The van der Waals surface area contributed by atoms with Crippen LogP contribution in [-0.2, 0) is 0 Å². The van der Waals surface area contributed by atoms with E-state index >= 15 is 0 Å². The topological polar surface area (TPSA) is 37.0 Å². The highest BCUT2D eigenvalue weighted by Crippen LogP contribution is 2.23. The van der Waals surface area contributed by atoms with Gasteiger partial charge in [0, 0.05) is 11.7 Å². The molecule has 82 valence electrons. The molecule has 1 fully saturated rings. The highest BCUT2D eigenvalue weighted by molar-refractivity contribution is 5.45. The van der Waals surface area contributed by atoms with Crippen molar-refractivity contribution < 1.29 is 0 Å². The van der Waals surface area contributed by atoms with Gasteiger partial charge in [0.2, 0.25) is 0 Å². The van der Waals surface area contributed by atoms with Crippen LogP contribution >= 0.6 is 0 Å². The zero-order valence-corrected chi connectivity index (χ0v) is 9.51. The van der Waals surface area contributed by atoms with E-state index in [2.05, 4.69) is 35.5 Å². The summed E-state index contributed by atoms with van der Waals surface area (Å²) in [6.45, 7) is 6.56. The second-order valence-electron chi connectivity index (χ2n) is 4.60. The molecule has 0 bridgehead atoms. The first kappa shape index (κ1) is 10.4. The molecular weight excluding hydrogens is 186 g/mol. The minimum atomic E-state index is 0.199. The molecule has 0 amide bonds. The van der Waals surface area contributed by atoms with E-state index in [9.17, 15) is 0 Å². The standard InChI is InChI=1S/C12H19N3/c1-10-4-3-7-14-11(10)15-12(2)5-8-13-9-6-12/h3-4,7,13H,5-6,8-9H2,1-2H3,(H,14,15). The van der Waals surface area contributed by atoms with Crippen molar-refractivity contribution in [3.8, 4) is 0 Å². The van der Waals surface area contributed by atoms with E-state index in [1.165, 1.54) is 5.56 Å². The highest BCUT2D eigenvalue weighted by atomic mass is 15.1. The first-order valence-electron chi connectivity index (χ1n) is 5.60. The second-order valence-corrected chi connectivity index (χ2v) is 4.60. The summed E-state index contributed by atoms with van der Waals surface area (Å²) >= 11 is 0. The van der Waals surface area contributed by atoms with Gasteiger partial charge in [-0.2, -0.15) is 0 Å². The molecule has 0 aliphatic carbocycles. The van der Waals surface area contributed by atoms with Crippen LogP contribution in [0.2, 0.25) is 0 Å². The Morgan fingerprint density at radius 3 is 2.80 bits per heavy atom. The Kier molecular flexibility index (Phi) is 2.91. The van der Waals surface area contributed by atoms with Gasteiger partial charge in [0.25, 0.3) is 0 Å². The average Bonchev–Trinajstić information content (AvgIpc) is 2.22. The number of piperidine rings is 1. The molecule has 0 saturated carbocycles. The molecule has 1 saturated heterocycles. The first-order valence-corrected chi connectivity index (χ1v) is 5.60. The summed E-state index contributed by atoms with van der Waals surface area (Å²) in [6, 6.07) is 4.07. The molecule has 15 heavy (non-hydrogen) atoms. The van der Waals surface area contributed by atoms with Crippen molar-refractivity contribution in [2.75, 3.05) is 18.4 Å². The smallest absolute Gasteiger partial charge is 0.129 e. The van der Waals surface area contributed by atoms with Crippen molar-refractivity contribution >= 4 is 5.82 Å². The third-order valence-corrected chi connectivity index (χ3v) is 3.14. The summed E-state index contributed by atoms with van der Waals surface area (Å²) < 4.78 is 0. The second kappa shape index (κ2) is 4.19. The lowest BCUT2D eigenvalue weighted by atomic mass is 9.90. The molecule has 0 unspecified atom stereocenters. The number of aromatic nitrogens is 1. The zero-order valence-electron chi connectivity index (χ0n) is 9.51. The van der Waals surface area contributed by atoms with Gasteiger partial charge in [0.1, 0.15) is 5.82 Å². The number of nitrogens with one attached hydrogen (secondary N) is 2. The number of hydrogen-bond acceptors (Lipinski definition) is 3. The predicted octanol–water partition coefficient (Wildman–Crippen LogP) is 1.94. The van der Waals surface area contributed by atoms with Crippen molar-refractivity contribution in [1.82, 2.24) is 10.3 Å². The summed E-state index contributed by atoms with van der Waals surface area (Å²) in [5, 5.41) is 6.95. The fraction of sp³-hybridized carbons (Fsp3) is 0.583. The van der Waals surface area contributed by atoms with Crippen molar-refractivity contribution in [3.05, 3.63) is 23.9 Å². The van der Waals surface area contributed by atoms with E-state index in [0.29, 0.717) is 0 Å². The predicted molar refractivity (Wildman–Crippen MR) is 63.1 cm³/mol. The van der Waals surface area contributed by atoms with Gasteiger partial charge < -0.3 is 10.6 Å². The normalized spacial score (nSPS) is 19.9. The van der Waals surface area contributed by atoms with E-state index in [1.54, 1.807) is 0 Å². The molecule has 2 heterocycles. The average molecular weight is 205 g/mol. The van der Waals surface area contributed by atoms with E-state index in [-0.39, 0.29) is 5.54 Å². The molecule has 1 aromatic rings. The number of nitrogens with zero attached hydrogens (tertiary/aromatic N) is 1. The quantitative estimate of drug-likeness (QED) is 0.775. The van der Waals surface area contributed by atoms with E-state index in [1.807, 2.05) is 12.3 Å². The summed E-state index contributed by atoms with van der Waals surface area (Å²) in [5.41, 5.74) is 1.42. The summed E-state index contributed by atoms with van der Waals surface area (Å²) in [7, 11) is 0. The lowest BCUT2D eigenvalue weighted by Gasteiger charge is -2.35. The van der Waals surface area contributed by atoms with E-state index in [0.717, 1.165) is 31.7 Å². The molecule has 0 radical (unpaired) electrons. The van der Waals surface area contributed by atoms with E-state index in [4.69, 9.17) is 0 Å². The molecular formula is C12H19N3. The minimum absolute atomic E-state index is 0.199. The van der Waals surface area contributed by atoms with Gasteiger partial charge in [-0.1, -0.05) is 6.07 Å². The van der Waals surface area contributed by atoms with Gasteiger partial charge >= 0.3 is 0 Å². The molecule has 1 aromatic heterocycles. The Labute approximate surface area is 91.3 Å². The van der Waals surface area contributed by atoms with Crippen LogP contribution in [-0.4, -0.2) is 23.6 Å². The largest absolute Gasteiger partial charge is 0.365 e. The maximum Gasteiger partial charge on any atom is 0.129 e. The summed E-state index contributed by atoms with van der Waals surface area (Å²) in [4.78, 5) is 4.39. The van der Waals surface area contributed by atoms with Crippen LogP contribution in [0.15, 0.2) is 18.3 Å².